The van der Waals surface area contributed by atoms with Crippen molar-refractivity contribution in [3.63, 3.8) is 0 Å². The number of ether oxygens (including phenoxy) is 1. The average Bonchev–Trinajstić information content (AvgIpc) is 2.49. The molecule has 1 aromatic heterocycles. The number of allylic oxidation sites excluding steroid dienone is 1. The van der Waals surface area contributed by atoms with Crippen LogP contribution < -0.4 is 10.6 Å². The minimum atomic E-state index is -0.123. The highest BCUT2D eigenvalue weighted by Gasteiger charge is 2.10. The van der Waals surface area contributed by atoms with Gasteiger partial charge in [0.1, 0.15) is 5.82 Å². The number of carbonyl (C=O) groups excluding carboxylic acids is 1. The van der Waals surface area contributed by atoms with Crippen LogP contribution in [0.25, 0.3) is 0 Å². The van der Waals surface area contributed by atoms with E-state index in [4.69, 9.17) is 4.74 Å². The summed E-state index contributed by atoms with van der Waals surface area (Å²) in [6.45, 7) is 1.01. The van der Waals surface area contributed by atoms with Gasteiger partial charge in [0.05, 0.1) is 12.2 Å². The standard InChI is InChI=1S/C15H21N3O2/c1-20-10-9-16-15(19)12-7-8-14(17-11-12)18-13-5-3-2-4-6-13/h2-3,7-8,11,13H,4-6,9-10H2,1H3,(H,16,19)(H,17,18). The van der Waals surface area contributed by atoms with Gasteiger partial charge in [-0.3, -0.25) is 4.79 Å². The SMILES string of the molecule is COCCNC(=O)c1ccc(NC2CC=CCC2)nc1. The van der Waals surface area contributed by atoms with E-state index in [1.165, 1.54) is 0 Å². The number of carbonyl (C=O) groups is 1. The van der Waals surface area contributed by atoms with Crippen molar-refractivity contribution in [2.45, 2.75) is 25.3 Å². The molecule has 0 radical (unpaired) electrons. The third-order valence-electron chi connectivity index (χ3n) is 3.24. The van der Waals surface area contributed by atoms with Gasteiger partial charge in [-0.05, 0) is 31.4 Å². The predicted octanol–water partition coefficient (Wildman–Crippen LogP) is 1.98. The molecule has 1 heterocycles. The second-order valence-corrected chi connectivity index (χ2v) is 4.81. The Hall–Kier alpha value is -1.88. The molecule has 1 amide bonds. The topological polar surface area (TPSA) is 63.2 Å². The third kappa shape index (κ3) is 4.35. The molecule has 0 saturated heterocycles. The second-order valence-electron chi connectivity index (χ2n) is 4.81. The molecular formula is C15H21N3O2. The molecule has 0 spiro atoms. The van der Waals surface area contributed by atoms with Crippen LogP contribution in [0.3, 0.4) is 0 Å². The Labute approximate surface area is 119 Å². The largest absolute Gasteiger partial charge is 0.383 e. The van der Waals surface area contributed by atoms with Crippen LogP contribution in [-0.4, -0.2) is 37.2 Å². The van der Waals surface area contributed by atoms with Gasteiger partial charge >= 0.3 is 0 Å². The van der Waals surface area contributed by atoms with Crippen molar-refractivity contribution in [3.8, 4) is 0 Å². The van der Waals surface area contributed by atoms with Gasteiger partial charge < -0.3 is 15.4 Å². The smallest absolute Gasteiger partial charge is 0.252 e. The van der Waals surface area contributed by atoms with Gasteiger partial charge in [-0.25, -0.2) is 4.98 Å². The van der Waals surface area contributed by atoms with Crippen molar-refractivity contribution >= 4 is 11.7 Å². The number of aromatic nitrogens is 1. The maximum absolute atomic E-state index is 11.8. The fourth-order valence-corrected chi connectivity index (χ4v) is 2.12. The highest BCUT2D eigenvalue weighted by Crippen LogP contribution is 2.15. The predicted molar refractivity (Wildman–Crippen MR) is 78.8 cm³/mol. The van der Waals surface area contributed by atoms with E-state index in [1.54, 1.807) is 19.4 Å². The van der Waals surface area contributed by atoms with Crippen LogP contribution in [0.2, 0.25) is 0 Å². The van der Waals surface area contributed by atoms with E-state index in [0.717, 1.165) is 25.1 Å². The Morgan fingerprint density at radius 1 is 1.45 bits per heavy atom. The molecule has 1 aromatic rings. The molecule has 1 aliphatic rings. The molecule has 1 aliphatic carbocycles. The van der Waals surface area contributed by atoms with Gasteiger partial charge in [0.2, 0.25) is 0 Å². The fourth-order valence-electron chi connectivity index (χ4n) is 2.12. The maximum Gasteiger partial charge on any atom is 0.252 e. The first kappa shape index (κ1) is 14.5. The molecule has 20 heavy (non-hydrogen) atoms. The molecule has 0 fully saturated rings. The van der Waals surface area contributed by atoms with Gasteiger partial charge in [-0.15, -0.1) is 0 Å². The number of nitrogens with one attached hydrogen (secondary N) is 2. The van der Waals surface area contributed by atoms with Gasteiger partial charge in [0.25, 0.3) is 5.91 Å². The number of rotatable bonds is 6. The number of hydrogen-bond donors (Lipinski definition) is 2. The summed E-state index contributed by atoms with van der Waals surface area (Å²) in [6.07, 6.45) is 9.26. The van der Waals surface area contributed by atoms with Crippen molar-refractivity contribution in [2.75, 3.05) is 25.6 Å². The van der Waals surface area contributed by atoms with Crippen molar-refractivity contribution in [3.05, 3.63) is 36.0 Å². The Morgan fingerprint density at radius 3 is 3.00 bits per heavy atom. The van der Waals surface area contributed by atoms with E-state index in [0.29, 0.717) is 24.8 Å². The highest BCUT2D eigenvalue weighted by molar-refractivity contribution is 5.94. The first-order chi connectivity index (χ1) is 9.79. The maximum atomic E-state index is 11.8. The van der Waals surface area contributed by atoms with Crippen LogP contribution in [0.5, 0.6) is 0 Å². The first-order valence-electron chi connectivity index (χ1n) is 6.94. The van der Waals surface area contributed by atoms with E-state index in [2.05, 4.69) is 27.8 Å². The molecule has 108 valence electrons. The Kier molecular flexibility index (Phi) is 5.55. The van der Waals surface area contributed by atoms with Gasteiger partial charge in [-0.1, -0.05) is 12.2 Å². The number of methoxy groups -OCH3 is 1. The zero-order valence-corrected chi connectivity index (χ0v) is 11.8. The Balaban J connectivity index is 1.85. The number of pyridine rings is 1. The van der Waals surface area contributed by atoms with E-state index in [9.17, 15) is 4.79 Å². The lowest BCUT2D eigenvalue weighted by molar-refractivity contribution is 0.0937. The Bertz CT molecular complexity index is 457. The van der Waals surface area contributed by atoms with E-state index in [1.807, 2.05) is 6.07 Å². The zero-order valence-electron chi connectivity index (χ0n) is 11.8. The van der Waals surface area contributed by atoms with E-state index < -0.39 is 0 Å². The molecule has 5 heteroatoms. The van der Waals surface area contributed by atoms with E-state index in [-0.39, 0.29) is 5.91 Å². The highest BCUT2D eigenvalue weighted by atomic mass is 16.5. The van der Waals surface area contributed by atoms with Crippen LogP contribution in [0.4, 0.5) is 5.82 Å². The van der Waals surface area contributed by atoms with Crippen molar-refractivity contribution < 1.29 is 9.53 Å². The quantitative estimate of drug-likeness (QED) is 0.615. The van der Waals surface area contributed by atoms with Crippen molar-refractivity contribution in [1.29, 1.82) is 0 Å². The lowest BCUT2D eigenvalue weighted by Crippen LogP contribution is -2.27. The van der Waals surface area contributed by atoms with Gasteiger partial charge in [0, 0.05) is 25.9 Å². The summed E-state index contributed by atoms with van der Waals surface area (Å²) < 4.78 is 4.89. The molecule has 0 bridgehead atoms. The summed E-state index contributed by atoms with van der Waals surface area (Å²) in [7, 11) is 1.61. The van der Waals surface area contributed by atoms with E-state index >= 15 is 0 Å². The summed E-state index contributed by atoms with van der Waals surface area (Å²) >= 11 is 0. The molecule has 0 saturated carbocycles. The number of amides is 1. The average molecular weight is 275 g/mol. The fraction of sp³-hybridized carbons (Fsp3) is 0.467. The van der Waals surface area contributed by atoms with Crippen LogP contribution in [-0.2, 0) is 4.74 Å². The zero-order chi connectivity index (χ0) is 14.2. The number of anilines is 1. The molecule has 0 aromatic carbocycles. The summed E-state index contributed by atoms with van der Waals surface area (Å²) in [5, 5.41) is 6.15. The van der Waals surface area contributed by atoms with Crippen molar-refractivity contribution in [1.82, 2.24) is 10.3 Å². The minimum absolute atomic E-state index is 0.123. The molecule has 5 nitrogen and oxygen atoms in total. The number of hydrogen-bond acceptors (Lipinski definition) is 4. The van der Waals surface area contributed by atoms with Crippen LogP contribution in [0.1, 0.15) is 29.6 Å². The van der Waals surface area contributed by atoms with Crippen LogP contribution in [0.15, 0.2) is 30.5 Å². The second kappa shape index (κ2) is 7.65. The van der Waals surface area contributed by atoms with Crippen LogP contribution >= 0.6 is 0 Å². The Morgan fingerprint density at radius 2 is 2.35 bits per heavy atom. The molecule has 2 rings (SSSR count). The third-order valence-corrected chi connectivity index (χ3v) is 3.24. The normalized spacial score (nSPS) is 17.8. The molecule has 1 unspecified atom stereocenters. The van der Waals surface area contributed by atoms with Gasteiger partial charge in [0.15, 0.2) is 0 Å². The minimum Gasteiger partial charge on any atom is -0.383 e. The molecule has 2 N–H and O–H groups in total. The summed E-state index contributed by atoms with van der Waals surface area (Å²) in [6, 6.07) is 4.08. The lowest BCUT2D eigenvalue weighted by atomic mass is 10.0. The van der Waals surface area contributed by atoms with Crippen molar-refractivity contribution in [2.24, 2.45) is 0 Å². The van der Waals surface area contributed by atoms with Gasteiger partial charge in [-0.2, -0.15) is 0 Å². The molecule has 1 atom stereocenters. The summed E-state index contributed by atoms with van der Waals surface area (Å²) in [5.41, 5.74) is 0.565. The number of nitrogens with zero attached hydrogens (tertiary/aromatic N) is 1. The molecular weight excluding hydrogens is 254 g/mol. The van der Waals surface area contributed by atoms with Crippen LogP contribution in [0, 0.1) is 0 Å². The monoisotopic (exact) mass is 275 g/mol. The first-order valence-corrected chi connectivity index (χ1v) is 6.94. The summed E-state index contributed by atoms with van der Waals surface area (Å²) in [4.78, 5) is 16.1. The lowest BCUT2D eigenvalue weighted by Gasteiger charge is -2.19. The summed E-state index contributed by atoms with van der Waals surface area (Å²) in [5.74, 6) is 0.695. The molecule has 0 aliphatic heterocycles.